The summed E-state index contributed by atoms with van der Waals surface area (Å²) in [6, 6.07) is 4.23. The minimum absolute atomic E-state index is 0.264. The van der Waals surface area contributed by atoms with Crippen LogP contribution in [0.5, 0.6) is 0 Å². The second-order valence-electron chi connectivity index (χ2n) is 2.92. The second kappa shape index (κ2) is 4.43. The van der Waals surface area contributed by atoms with Crippen molar-refractivity contribution in [2.45, 2.75) is 6.04 Å². The largest absolute Gasteiger partial charge is 0.301 e. The molecule has 0 spiro atoms. The van der Waals surface area contributed by atoms with Gasteiger partial charge in [-0.05, 0) is 25.7 Å². The van der Waals surface area contributed by atoms with Gasteiger partial charge < -0.3 is 4.90 Å². The Bertz CT molecular complexity index is 223. The third kappa shape index (κ3) is 2.19. The molecule has 0 aliphatic carbocycles. The Labute approximate surface area is 78.2 Å². The molecule has 0 bridgehead atoms. The number of hydrogen-bond acceptors (Lipinski definition) is 2. The van der Waals surface area contributed by atoms with Crippen molar-refractivity contribution >= 4 is 11.6 Å². The lowest BCUT2D eigenvalue weighted by Gasteiger charge is -2.21. The van der Waals surface area contributed by atoms with E-state index in [4.69, 9.17) is 11.6 Å². The molecule has 1 unspecified atom stereocenters. The van der Waals surface area contributed by atoms with E-state index in [1.165, 1.54) is 0 Å². The Morgan fingerprint density at radius 1 is 1.58 bits per heavy atom. The number of nitrogens with zero attached hydrogens (tertiary/aromatic N) is 2. The Hall–Kier alpha value is -0.600. The summed E-state index contributed by atoms with van der Waals surface area (Å²) >= 11 is 5.83. The molecule has 1 atom stereocenters. The molecule has 0 aromatic carbocycles. The Morgan fingerprint density at radius 2 is 2.33 bits per heavy atom. The zero-order valence-electron chi connectivity index (χ0n) is 7.37. The van der Waals surface area contributed by atoms with E-state index in [2.05, 4.69) is 9.88 Å². The number of alkyl halides is 1. The molecule has 0 saturated carbocycles. The molecule has 0 N–H and O–H groups in total. The van der Waals surface area contributed by atoms with Crippen molar-refractivity contribution in [3.8, 4) is 0 Å². The van der Waals surface area contributed by atoms with E-state index < -0.39 is 0 Å². The molecule has 1 aromatic rings. The highest BCUT2D eigenvalue weighted by molar-refractivity contribution is 6.18. The summed E-state index contributed by atoms with van der Waals surface area (Å²) in [5.41, 5.74) is 1.16. The monoisotopic (exact) mass is 184 g/mol. The average Bonchev–Trinajstić information content (AvgIpc) is 2.07. The Balaban J connectivity index is 2.80. The van der Waals surface area contributed by atoms with Crippen LogP contribution in [-0.2, 0) is 0 Å². The predicted octanol–water partition coefficient (Wildman–Crippen LogP) is 1.92. The van der Waals surface area contributed by atoms with Crippen LogP contribution < -0.4 is 0 Å². The highest BCUT2D eigenvalue weighted by atomic mass is 35.5. The van der Waals surface area contributed by atoms with Crippen LogP contribution in [0.25, 0.3) is 0 Å². The first-order chi connectivity index (χ1) is 5.75. The molecule has 1 heterocycles. The molecule has 2 nitrogen and oxygen atoms in total. The van der Waals surface area contributed by atoms with E-state index in [1.807, 2.05) is 32.4 Å². The summed E-state index contributed by atoms with van der Waals surface area (Å²) in [5.74, 6) is 0.596. The zero-order chi connectivity index (χ0) is 8.97. The first kappa shape index (κ1) is 9.49. The van der Waals surface area contributed by atoms with Gasteiger partial charge in [-0.25, -0.2) is 0 Å². The van der Waals surface area contributed by atoms with E-state index in [-0.39, 0.29) is 6.04 Å². The molecule has 0 aliphatic heterocycles. The normalized spacial score (nSPS) is 13.3. The summed E-state index contributed by atoms with van der Waals surface area (Å²) in [5, 5.41) is 0. The smallest absolute Gasteiger partial charge is 0.0492 e. The van der Waals surface area contributed by atoms with Crippen molar-refractivity contribution in [3.05, 3.63) is 30.1 Å². The lowest BCUT2D eigenvalue weighted by Crippen LogP contribution is -2.21. The van der Waals surface area contributed by atoms with Gasteiger partial charge in [0.25, 0.3) is 0 Å². The Morgan fingerprint density at radius 3 is 2.75 bits per heavy atom. The molecule has 66 valence electrons. The van der Waals surface area contributed by atoms with Gasteiger partial charge in [0.2, 0.25) is 0 Å². The minimum atomic E-state index is 0.264. The number of aromatic nitrogens is 1. The summed E-state index contributed by atoms with van der Waals surface area (Å²) in [6.45, 7) is 0. The SMILES string of the molecule is CN(C)C(CCl)c1cccnc1. The van der Waals surface area contributed by atoms with Gasteiger partial charge >= 0.3 is 0 Å². The first-order valence-corrected chi connectivity index (χ1v) is 4.41. The van der Waals surface area contributed by atoms with Crippen molar-refractivity contribution in [1.29, 1.82) is 0 Å². The number of pyridine rings is 1. The van der Waals surface area contributed by atoms with Crippen molar-refractivity contribution in [2.75, 3.05) is 20.0 Å². The molecule has 0 aliphatic rings. The van der Waals surface area contributed by atoms with Crippen LogP contribution in [0, 0.1) is 0 Å². The topological polar surface area (TPSA) is 16.1 Å². The van der Waals surface area contributed by atoms with E-state index in [0.29, 0.717) is 5.88 Å². The van der Waals surface area contributed by atoms with Crippen molar-refractivity contribution in [2.24, 2.45) is 0 Å². The predicted molar refractivity (Wildman–Crippen MR) is 51.4 cm³/mol. The highest BCUT2D eigenvalue weighted by Crippen LogP contribution is 2.17. The standard InChI is InChI=1S/C9H13ClN2/c1-12(2)9(6-10)8-4-3-5-11-7-8/h3-5,7,9H,6H2,1-2H3. The first-order valence-electron chi connectivity index (χ1n) is 3.88. The van der Waals surface area contributed by atoms with Crippen molar-refractivity contribution in [3.63, 3.8) is 0 Å². The van der Waals surface area contributed by atoms with Crippen LogP contribution in [0.2, 0.25) is 0 Å². The molecule has 1 aromatic heterocycles. The molecule has 0 saturated heterocycles. The van der Waals surface area contributed by atoms with Gasteiger partial charge in [-0.2, -0.15) is 0 Å². The van der Waals surface area contributed by atoms with Gasteiger partial charge in [-0.3, -0.25) is 4.98 Å². The Kier molecular flexibility index (Phi) is 3.50. The minimum Gasteiger partial charge on any atom is -0.301 e. The fourth-order valence-corrected chi connectivity index (χ4v) is 1.55. The van der Waals surface area contributed by atoms with Crippen LogP contribution in [0.15, 0.2) is 24.5 Å². The van der Waals surface area contributed by atoms with Crippen molar-refractivity contribution < 1.29 is 0 Å². The summed E-state index contributed by atoms with van der Waals surface area (Å²) in [4.78, 5) is 6.14. The third-order valence-corrected chi connectivity index (χ3v) is 2.13. The molecule has 3 heteroatoms. The number of halogens is 1. The van der Waals surface area contributed by atoms with Crippen LogP contribution in [-0.4, -0.2) is 29.9 Å². The van der Waals surface area contributed by atoms with E-state index >= 15 is 0 Å². The van der Waals surface area contributed by atoms with Crippen LogP contribution in [0.3, 0.4) is 0 Å². The second-order valence-corrected chi connectivity index (χ2v) is 3.23. The van der Waals surface area contributed by atoms with Gasteiger partial charge in [0, 0.05) is 24.3 Å². The van der Waals surface area contributed by atoms with Crippen LogP contribution in [0.1, 0.15) is 11.6 Å². The lowest BCUT2D eigenvalue weighted by atomic mass is 10.1. The molecule has 0 amide bonds. The molecule has 1 rings (SSSR count). The fraction of sp³-hybridized carbons (Fsp3) is 0.444. The number of rotatable bonds is 3. The maximum Gasteiger partial charge on any atom is 0.0492 e. The summed E-state index contributed by atoms with van der Waals surface area (Å²) < 4.78 is 0. The van der Waals surface area contributed by atoms with Gasteiger partial charge in [0.15, 0.2) is 0 Å². The average molecular weight is 185 g/mol. The fourth-order valence-electron chi connectivity index (χ4n) is 1.10. The third-order valence-electron chi connectivity index (χ3n) is 1.84. The quantitative estimate of drug-likeness (QED) is 0.668. The maximum atomic E-state index is 5.83. The van der Waals surface area contributed by atoms with Gasteiger partial charge in [-0.15, -0.1) is 11.6 Å². The van der Waals surface area contributed by atoms with E-state index in [1.54, 1.807) is 6.20 Å². The maximum absolute atomic E-state index is 5.83. The van der Waals surface area contributed by atoms with Crippen LogP contribution >= 0.6 is 11.6 Å². The van der Waals surface area contributed by atoms with E-state index in [0.717, 1.165) is 5.56 Å². The molecule has 0 fully saturated rings. The van der Waals surface area contributed by atoms with Gasteiger partial charge in [0.05, 0.1) is 0 Å². The van der Waals surface area contributed by atoms with Crippen LogP contribution in [0.4, 0.5) is 0 Å². The highest BCUT2D eigenvalue weighted by Gasteiger charge is 2.11. The summed E-state index contributed by atoms with van der Waals surface area (Å²) in [7, 11) is 4.03. The molecular formula is C9H13ClN2. The molecular weight excluding hydrogens is 172 g/mol. The zero-order valence-corrected chi connectivity index (χ0v) is 8.12. The van der Waals surface area contributed by atoms with Crippen molar-refractivity contribution in [1.82, 2.24) is 9.88 Å². The molecule has 0 radical (unpaired) electrons. The van der Waals surface area contributed by atoms with Gasteiger partial charge in [0.1, 0.15) is 0 Å². The number of hydrogen-bond donors (Lipinski definition) is 0. The summed E-state index contributed by atoms with van der Waals surface area (Å²) in [6.07, 6.45) is 3.62. The lowest BCUT2D eigenvalue weighted by molar-refractivity contribution is 0.324. The van der Waals surface area contributed by atoms with Gasteiger partial charge in [-0.1, -0.05) is 6.07 Å². The van der Waals surface area contributed by atoms with E-state index in [9.17, 15) is 0 Å². The molecule has 12 heavy (non-hydrogen) atoms.